The lowest BCUT2D eigenvalue weighted by Gasteiger charge is -2.07. The normalized spacial score (nSPS) is 10.8. The van der Waals surface area contributed by atoms with Gasteiger partial charge in [-0.2, -0.15) is 0 Å². The van der Waals surface area contributed by atoms with Crippen LogP contribution in [-0.2, 0) is 6.54 Å². The summed E-state index contributed by atoms with van der Waals surface area (Å²) < 4.78 is 13.0. The number of aromatic nitrogens is 3. The third kappa shape index (κ3) is 4.23. The first-order valence-electron chi connectivity index (χ1n) is 8.16. The first-order chi connectivity index (χ1) is 12.7. The molecule has 0 fully saturated rings. The SMILES string of the molecule is CCn1c(SCCCOc2ccc([N+](=O)[O-])cc2)nnc1-c1ccco1. The predicted molar refractivity (Wildman–Crippen MR) is 97.3 cm³/mol. The van der Waals surface area contributed by atoms with Gasteiger partial charge in [0.15, 0.2) is 16.7 Å². The lowest BCUT2D eigenvalue weighted by Crippen LogP contribution is -2.02. The lowest BCUT2D eigenvalue weighted by atomic mass is 10.3. The molecule has 3 aromatic rings. The zero-order chi connectivity index (χ0) is 18.4. The number of hydrogen-bond acceptors (Lipinski definition) is 7. The van der Waals surface area contributed by atoms with Crippen molar-refractivity contribution in [2.75, 3.05) is 12.4 Å². The largest absolute Gasteiger partial charge is 0.494 e. The number of rotatable bonds is 9. The van der Waals surface area contributed by atoms with Crippen LogP contribution in [-0.4, -0.2) is 32.0 Å². The first kappa shape index (κ1) is 18.0. The fourth-order valence-electron chi connectivity index (χ4n) is 2.35. The first-order valence-corrected chi connectivity index (χ1v) is 9.14. The molecule has 0 radical (unpaired) electrons. The van der Waals surface area contributed by atoms with Crippen LogP contribution < -0.4 is 4.74 Å². The van der Waals surface area contributed by atoms with E-state index in [4.69, 9.17) is 9.15 Å². The Morgan fingerprint density at radius 2 is 2.08 bits per heavy atom. The molecular weight excluding hydrogens is 356 g/mol. The molecule has 2 aromatic heterocycles. The van der Waals surface area contributed by atoms with Crippen LogP contribution in [0.15, 0.2) is 52.2 Å². The van der Waals surface area contributed by atoms with Gasteiger partial charge in [0, 0.05) is 24.4 Å². The molecule has 0 saturated heterocycles. The molecule has 8 nitrogen and oxygen atoms in total. The monoisotopic (exact) mass is 374 g/mol. The van der Waals surface area contributed by atoms with Gasteiger partial charge in [0.1, 0.15) is 5.75 Å². The fraction of sp³-hybridized carbons (Fsp3) is 0.294. The second-order valence-electron chi connectivity index (χ2n) is 5.33. The standard InChI is InChI=1S/C17H18N4O4S/c1-2-20-16(15-5-3-10-25-15)18-19-17(20)26-12-4-11-24-14-8-6-13(7-9-14)21(22)23/h3,5-10H,2,4,11-12H2,1H3. The van der Waals surface area contributed by atoms with E-state index < -0.39 is 4.92 Å². The van der Waals surface area contributed by atoms with Gasteiger partial charge >= 0.3 is 0 Å². The molecule has 0 aliphatic heterocycles. The van der Waals surface area contributed by atoms with Crippen molar-refractivity contribution in [2.24, 2.45) is 0 Å². The van der Waals surface area contributed by atoms with E-state index in [0.29, 0.717) is 18.1 Å². The number of nitro benzene ring substituents is 1. The van der Waals surface area contributed by atoms with Crippen LogP contribution >= 0.6 is 11.8 Å². The van der Waals surface area contributed by atoms with Crippen molar-refractivity contribution < 1.29 is 14.1 Å². The van der Waals surface area contributed by atoms with Crippen LogP contribution in [0.5, 0.6) is 5.75 Å². The van der Waals surface area contributed by atoms with Crippen molar-refractivity contribution in [1.82, 2.24) is 14.8 Å². The Bertz CT molecular complexity index is 846. The fourth-order valence-corrected chi connectivity index (χ4v) is 3.26. The van der Waals surface area contributed by atoms with Gasteiger partial charge in [-0.05, 0) is 37.6 Å². The Balaban J connectivity index is 1.47. The third-order valence-electron chi connectivity index (χ3n) is 3.61. The highest BCUT2D eigenvalue weighted by Crippen LogP contribution is 2.24. The highest BCUT2D eigenvalue weighted by molar-refractivity contribution is 7.99. The molecule has 0 spiro atoms. The summed E-state index contributed by atoms with van der Waals surface area (Å²) in [4.78, 5) is 10.2. The number of nitro groups is 1. The molecule has 1 aromatic carbocycles. The van der Waals surface area contributed by atoms with Crippen LogP contribution in [0, 0.1) is 10.1 Å². The number of hydrogen-bond donors (Lipinski definition) is 0. The van der Waals surface area contributed by atoms with Crippen LogP contribution in [0.4, 0.5) is 5.69 Å². The second kappa shape index (κ2) is 8.52. The number of thioether (sulfide) groups is 1. The van der Waals surface area contributed by atoms with Crippen molar-refractivity contribution in [3.63, 3.8) is 0 Å². The van der Waals surface area contributed by atoms with Crippen LogP contribution in [0.3, 0.4) is 0 Å². The number of non-ortho nitro benzene ring substituents is 1. The van der Waals surface area contributed by atoms with E-state index in [9.17, 15) is 10.1 Å². The van der Waals surface area contributed by atoms with Crippen LogP contribution in [0.25, 0.3) is 11.6 Å². The summed E-state index contributed by atoms with van der Waals surface area (Å²) in [5, 5.41) is 19.9. The predicted octanol–water partition coefficient (Wildman–Crippen LogP) is 4.03. The minimum Gasteiger partial charge on any atom is -0.494 e. The van der Waals surface area contributed by atoms with Crippen molar-refractivity contribution >= 4 is 17.4 Å². The molecule has 0 unspecified atom stereocenters. The van der Waals surface area contributed by atoms with E-state index in [0.717, 1.165) is 29.7 Å². The van der Waals surface area contributed by atoms with E-state index in [1.165, 1.54) is 12.1 Å². The number of benzene rings is 1. The van der Waals surface area contributed by atoms with E-state index in [1.807, 2.05) is 23.6 Å². The van der Waals surface area contributed by atoms with Crippen molar-refractivity contribution in [2.45, 2.75) is 25.0 Å². The molecule has 9 heteroatoms. The molecule has 0 saturated carbocycles. The quantitative estimate of drug-likeness (QED) is 0.241. The Labute approximate surface area is 154 Å². The average Bonchev–Trinajstić information content (AvgIpc) is 3.31. The van der Waals surface area contributed by atoms with Gasteiger partial charge < -0.3 is 9.15 Å². The zero-order valence-electron chi connectivity index (χ0n) is 14.2. The summed E-state index contributed by atoms with van der Waals surface area (Å²) in [5.74, 6) is 2.87. The van der Waals surface area contributed by atoms with Gasteiger partial charge in [-0.25, -0.2) is 0 Å². The molecule has 136 valence electrons. The maximum absolute atomic E-state index is 10.6. The summed E-state index contributed by atoms with van der Waals surface area (Å²) in [6.07, 6.45) is 2.43. The lowest BCUT2D eigenvalue weighted by molar-refractivity contribution is -0.384. The summed E-state index contributed by atoms with van der Waals surface area (Å²) in [6.45, 7) is 3.32. The molecule has 2 heterocycles. The highest BCUT2D eigenvalue weighted by Gasteiger charge is 2.14. The third-order valence-corrected chi connectivity index (χ3v) is 4.66. The van der Waals surface area contributed by atoms with E-state index in [-0.39, 0.29) is 5.69 Å². The molecule has 0 aliphatic carbocycles. The summed E-state index contributed by atoms with van der Waals surface area (Å²) >= 11 is 1.61. The molecule has 0 aliphatic rings. The minimum atomic E-state index is -0.429. The van der Waals surface area contributed by atoms with Gasteiger partial charge in [0.2, 0.25) is 0 Å². The van der Waals surface area contributed by atoms with Crippen molar-refractivity contribution in [1.29, 1.82) is 0 Å². The van der Waals surface area contributed by atoms with E-state index in [2.05, 4.69) is 10.2 Å². The Morgan fingerprint density at radius 3 is 2.73 bits per heavy atom. The molecule has 26 heavy (non-hydrogen) atoms. The van der Waals surface area contributed by atoms with E-state index >= 15 is 0 Å². The van der Waals surface area contributed by atoms with E-state index in [1.54, 1.807) is 30.2 Å². The smallest absolute Gasteiger partial charge is 0.269 e. The van der Waals surface area contributed by atoms with Crippen molar-refractivity contribution in [3.8, 4) is 17.3 Å². The Morgan fingerprint density at radius 1 is 1.27 bits per heavy atom. The van der Waals surface area contributed by atoms with Gasteiger partial charge in [0.25, 0.3) is 5.69 Å². The maximum atomic E-state index is 10.6. The second-order valence-corrected chi connectivity index (χ2v) is 6.39. The van der Waals surface area contributed by atoms with Gasteiger partial charge in [0.05, 0.1) is 17.8 Å². The topological polar surface area (TPSA) is 96.2 Å². The Hall–Kier alpha value is -2.81. The molecule has 0 atom stereocenters. The summed E-state index contributed by atoms with van der Waals surface area (Å²) in [7, 11) is 0. The summed E-state index contributed by atoms with van der Waals surface area (Å²) in [5.41, 5.74) is 0.0548. The molecule has 0 amide bonds. The molecule has 0 bridgehead atoms. The van der Waals surface area contributed by atoms with Gasteiger partial charge in [-0.1, -0.05) is 11.8 Å². The maximum Gasteiger partial charge on any atom is 0.269 e. The number of furan rings is 1. The highest BCUT2D eigenvalue weighted by atomic mass is 32.2. The molecule has 3 rings (SSSR count). The zero-order valence-corrected chi connectivity index (χ0v) is 15.0. The number of nitrogens with zero attached hydrogens (tertiary/aromatic N) is 4. The summed E-state index contributed by atoms with van der Waals surface area (Å²) in [6, 6.07) is 9.77. The van der Waals surface area contributed by atoms with Crippen LogP contribution in [0.1, 0.15) is 13.3 Å². The Kier molecular flexibility index (Phi) is 5.90. The van der Waals surface area contributed by atoms with Gasteiger partial charge in [-0.15, -0.1) is 10.2 Å². The molecular formula is C17H18N4O4S. The molecule has 0 N–H and O–H groups in total. The van der Waals surface area contributed by atoms with Crippen molar-refractivity contribution in [3.05, 3.63) is 52.8 Å². The number of ether oxygens (including phenoxy) is 1. The average molecular weight is 374 g/mol. The van der Waals surface area contributed by atoms with Gasteiger partial charge in [-0.3, -0.25) is 14.7 Å². The minimum absolute atomic E-state index is 0.0548. The van der Waals surface area contributed by atoms with Crippen LogP contribution in [0.2, 0.25) is 0 Å².